The molecule has 4 N–H and O–H groups in total. The second kappa shape index (κ2) is 19.1. The zero-order valence-corrected chi connectivity index (χ0v) is 35.8. The zero-order valence-electron chi connectivity index (χ0n) is 35.8. The summed E-state index contributed by atoms with van der Waals surface area (Å²) < 4.78 is 1.89. The van der Waals surface area contributed by atoms with E-state index in [1.165, 1.54) is 0 Å². The first kappa shape index (κ1) is 42.9. The number of pyridine rings is 1. The fourth-order valence-corrected chi connectivity index (χ4v) is 8.80. The van der Waals surface area contributed by atoms with Gasteiger partial charge >= 0.3 is 6.03 Å². The first-order valence-electron chi connectivity index (χ1n) is 21.4. The molecule has 3 saturated heterocycles. The molecule has 16 nitrogen and oxygen atoms in total. The highest BCUT2D eigenvalue weighted by Gasteiger charge is 2.51. The molecule has 0 bridgehead atoms. The predicted molar refractivity (Wildman–Crippen MR) is 241 cm³/mol. The minimum atomic E-state index is -0.947. The van der Waals surface area contributed by atoms with Crippen molar-refractivity contribution >= 4 is 46.2 Å². The molecule has 0 radical (unpaired) electrons. The molecule has 3 fully saturated rings. The summed E-state index contributed by atoms with van der Waals surface area (Å²) in [4.78, 5) is 69.5. The van der Waals surface area contributed by atoms with E-state index in [2.05, 4.69) is 44.4 Å². The molecule has 8 rings (SSSR count). The Morgan fingerprint density at radius 3 is 2.43 bits per heavy atom. The number of aryl methyl sites for hydroxylation is 1. The summed E-state index contributed by atoms with van der Waals surface area (Å²) in [7, 11) is 4.01. The summed E-state index contributed by atoms with van der Waals surface area (Å²) >= 11 is 0. The Morgan fingerprint density at radius 1 is 0.921 bits per heavy atom. The number of para-hydroxylation sites is 1. The van der Waals surface area contributed by atoms with Crippen molar-refractivity contribution in [2.75, 3.05) is 76.6 Å². The van der Waals surface area contributed by atoms with E-state index < -0.39 is 18.2 Å². The number of hydrazine groups is 1. The quantitative estimate of drug-likeness (QED) is 0.121. The number of hydrogen-bond acceptors (Lipinski definition) is 10. The van der Waals surface area contributed by atoms with Crippen LogP contribution in [-0.2, 0) is 36.1 Å². The number of hydrogen-bond donors (Lipinski definition) is 4. The van der Waals surface area contributed by atoms with Crippen LogP contribution in [0.25, 0.3) is 10.9 Å². The number of anilines is 2. The van der Waals surface area contributed by atoms with Crippen molar-refractivity contribution in [3.63, 3.8) is 0 Å². The van der Waals surface area contributed by atoms with Crippen molar-refractivity contribution in [2.24, 2.45) is 7.05 Å². The Hall–Kier alpha value is -6.75. The number of aromatic hydroxyl groups is 1. The standard InChI is InChI=1S/C47H55N11O5/c1-4-20-56-32-43(60)57-40(26-33-13-16-37(59)17-14-33)46(62)55(31-42(57)58(56)47(63)50-27-34-9-6-5-7-10-34)29-35-11-8-12-38-39(30-53(3)44(35)38)45(61)51-36-15-18-41(49-28-36)48-19-21-54-24-22-52(2)23-25-54/h4-18,28,30,40,42,59H,1,19-27,29,31-32H2,2-3H3,(H,48,49)(H,50,63)(H,51,61). The molecule has 16 heteroatoms. The van der Waals surface area contributed by atoms with E-state index in [9.17, 15) is 24.3 Å². The number of urea groups is 1. The third kappa shape index (κ3) is 9.68. The molecule has 5 heterocycles. The minimum absolute atomic E-state index is 0.0326. The van der Waals surface area contributed by atoms with Gasteiger partial charge in [-0.3, -0.25) is 19.3 Å². The topological polar surface area (TPSA) is 162 Å². The number of aromatic nitrogens is 2. The lowest BCUT2D eigenvalue weighted by Crippen LogP contribution is -2.76. The van der Waals surface area contributed by atoms with Gasteiger partial charge in [-0.25, -0.2) is 19.8 Å². The third-order valence-electron chi connectivity index (χ3n) is 12.1. The molecular formula is C47H55N11O5. The van der Waals surface area contributed by atoms with E-state index in [4.69, 9.17) is 0 Å². The van der Waals surface area contributed by atoms with E-state index in [0.717, 1.165) is 67.3 Å². The maximum absolute atomic E-state index is 14.7. The van der Waals surface area contributed by atoms with E-state index in [0.29, 0.717) is 16.6 Å². The number of nitrogens with zero attached hydrogens (tertiary/aromatic N) is 8. The van der Waals surface area contributed by atoms with Crippen molar-refractivity contribution in [3.8, 4) is 5.75 Å². The van der Waals surface area contributed by atoms with Crippen LogP contribution in [0.2, 0.25) is 0 Å². The van der Waals surface area contributed by atoms with Crippen LogP contribution in [-0.4, -0.2) is 146 Å². The first-order chi connectivity index (χ1) is 30.6. The molecule has 5 amide bonds. The minimum Gasteiger partial charge on any atom is -0.508 e. The van der Waals surface area contributed by atoms with Crippen LogP contribution in [0, 0.1) is 0 Å². The van der Waals surface area contributed by atoms with Gasteiger partial charge in [0.2, 0.25) is 11.8 Å². The number of phenolic OH excluding ortho intramolecular Hbond substituents is 1. The molecular weight excluding hydrogens is 799 g/mol. The van der Waals surface area contributed by atoms with Gasteiger partial charge in [0.05, 0.1) is 36.1 Å². The fraction of sp³-hybridized carbons (Fsp3) is 0.340. The Balaban J connectivity index is 1.03. The molecule has 63 heavy (non-hydrogen) atoms. The predicted octanol–water partition coefficient (Wildman–Crippen LogP) is 3.93. The largest absolute Gasteiger partial charge is 0.508 e. The van der Waals surface area contributed by atoms with Gasteiger partial charge in [-0.1, -0.05) is 66.7 Å². The van der Waals surface area contributed by atoms with Crippen LogP contribution < -0.4 is 16.0 Å². The lowest BCUT2D eigenvalue weighted by atomic mass is 9.98. The van der Waals surface area contributed by atoms with Crippen LogP contribution in [0.4, 0.5) is 16.3 Å². The molecule has 2 unspecified atom stereocenters. The summed E-state index contributed by atoms with van der Waals surface area (Å²) in [5, 5.41) is 23.3. The van der Waals surface area contributed by atoms with Crippen molar-refractivity contribution in [2.45, 2.75) is 31.7 Å². The molecule has 0 spiro atoms. The monoisotopic (exact) mass is 853 g/mol. The molecule has 3 aromatic carbocycles. The second-order valence-electron chi connectivity index (χ2n) is 16.4. The van der Waals surface area contributed by atoms with Crippen molar-refractivity contribution in [1.29, 1.82) is 0 Å². The van der Waals surface area contributed by atoms with E-state index in [1.807, 2.05) is 72.3 Å². The molecule has 3 aliphatic rings. The summed E-state index contributed by atoms with van der Waals surface area (Å²) in [6.07, 6.45) is 4.39. The summed E-state index contributed by atoms with van der Waals surface area (Å²) in [5.74, 6) is -0.0350. The van der Waals surface area contributed by atoms with Crippen molar-refractivity contribution < 1.29 is 24.3 Å². The van der Waals surface area contributed by atoms with Gasteiger partial charge in [-0.05, 0) is 48.0 Å². The fourth-order valence-electron chi connectivity index (χ4n) is 8.80. The normalized spacial score (nSPS) is 18.7. The van der Waals surface area contributed by atoms with Crippen molar-refractivity contribution in [1.82, 2.24) is 44.5 Å². The third-order valence-corrected chi connectivity index (χ3v) is 12.1. The number of likely N-dealkylation sites (N-methyl/N-ethyl adjacent to an activating group) is 1. The number of carbonyl (C=O) groups excluding carboxylic acids is 4. The van der Waals surface area contributed by atoms with E-state index in [1.54, 1.807) is 62.6 Å². The van der Waals surface area contributed by atoms with Crippen LogP contribution >= 0.6 is 0 Å². The lowest BCUT2D eigenvalue weighted by molar-refractivity contribution is -0.189. The van der Waals surface area contributed by atoms with Gasteiger partial charge in [0.15, 0.2) is 0 Å². The Kier molecular flexibility index (Phi) is 13.0. The second-order valence-corrected chi connectivity index (χ2v) is 16.4. The summed E-state index contributed by atoms with van der Waals surface area (Å²) in [5.41, 5.74) is 4.25. The highest BCUT2D eigenvalue weighted by atomic mass is 16.3. The molecule has 2 aromatic heterocycles. The highest BCUT2D eigenvalue weighted by Crippen LogP contribution is 2.32. The van der Waals surface area contributed by atoms with Gasteiger partial charge < -0.3 is 40.3 Å². The number of fused-ring (bicyclic) bond motifs is 2. The highest BCUT2D eigenvalue weighted by molar-refractivity contribution is 6.13. The van der Waals surface area contributed by atoms with Gasteiger partial charge in [-0.15, -0.1) is 6.58 Å². The maximum atomic E-state index is 14.7. The van der Waals surface area contributed by atoms with Crippen molar-refractivity contribution in [3.05, 3.63) is 132 Å². The molecule has 2 atom stereocenters. The number of benzene rings is 3. The number of piperazine rings is 2. The van der Waals surface area contributed by atoms with Gasteiger partial charge in [-0.2, -0.15) is 0 Å². The zero-order chi connectivity index (χ0) is 44.0. The number of rotatable bonds is 14. The van der Waals surface area contributed by atoms with Crippen LogP contribution in [0.15, 0.2) is 110 Å². The average Bonchev–Trinajstić information content (AvgIpc) is 3.63. The number of amides is 5. The molecule has 328 valence electrons. The SMILES string of the molecule is C=CCN1CC(=O)N2C(Cc3ccc(O)cc3)C(=O)N(Cc3cccc4c(C(=O)Nc5ccc(NCCN6CCN(C)CC6)nc5)cn(C)c34)CC2N1C(=O)NCc1ccccc1. The van der Waals surface area contributed by atoms with E-state index in [-0.39, 0.29) is 62.6 Å². The molecule has 3 aliphatic heterocycles. The summed E-state index contributed by atoms with van der Waals surface area (Å²) in [6, 6.07) is 24.1. The average molecular weight is 854 g/mol. The number of phenols is 1. The number of nitrogens with one attached hydrogen (secondary N) is 3. The van der Waals surface area contributed by atoms with E-state index >= 15 is 0 Å². The Bertz CT molecular complexity index is 2430. The Labute approximate surface area is 367 Å². The van der Waals surface area contributed by atoms with Crippen LogP contribution in [0.1, 0.15) is 27.0 Å². The Morgan fingerprint density at radius 2 is 1.70 bits per heavy atom. The van der Waals surface area contributed by atoms with Gasteiger partial charge in [0.25, 0.3) is 5.91 Å². The van der Waals surface area contributed by atoms with Gasteiger partial charge in [0.1, 0.15) is 23.8 Å². The van der Waals surface area contributed by atoms with Crippen LogP contribution in [0.5, 0.6) is 5.75 Å². The number of carbonyl (C=O) groups is 4. The molecule has 0 aliphatic carbocycles. The summed E-state index contributed by atoms with van der Waals surface area (Å²) in [6.45, 7) is 10.4. The first-order valence-corrected chi connectivity index (χ1v) is 21.4. The maximum Gasteiger partial charge on any atom is 0.334 e. The smallest absolute Gasteiger partial charge is 0.334 e. The lowest BCUT2D eigenvalue weighted by Gasteiger charge is -2.55. The molecule has 5 aromatic rings. The van der Waals surface area contributed by atoms with Crippen LogP contribution in [0.3, 0.4) is 0 Å². The molecule has 0 saturated carbocycles. The van der Waals surface area contributed by atoms with Gasteiger partial charge in [0, 0.05) is 84.0 Å².